The van der Waals surface area contributed by atoms with Crippen LogP contribution in [0.25, 0.3) is 0 Å². The number of esters is 1. The molecule has 0 saturated carbocycles. The molecule has 0 aliphatic heterocycles. The molecule has 0 amide bonds. The predicted molar refractivity (Wildman–Crippen MR) is 63.5 cm³/mol. The summed E-state index contributed by atoms with van der Waals surface area (Å²) in [5.74, 6) is -0.219. The number of hydrogen-bond acceptors (Lipinski definition) is 2. The van der Waals surface area contributed by atoms with Gasteiger partial charge in [-0.15, -0.1) is 0 Å². The van der Waals surface area contributed by atoms with Gasteiger partial charge in [0.25, 0.3) is 0 Å². The van der Waals surface area contributed by atoms with Crippen LogP contribution >= 0.6 is 0 Å². The van der Waals surface area contributed by atoms with Crippen LogP contribution in [0, 0.1) is 0 Å². The van der Waals surface area contributed by atoms with E-state index in [1.807, 2.05) is 37.3 Å². The molecule has 0 saturated heterocycles. The number of methoxy groups -OCH3 is 1. The molecule has 0 fully saturated rings. The monoisotopic (exact) mass is 206 g/mol. The molecule has 2 heteroatoms. The minimum atomic E-state index is -0.219. The molecular weight excluding hydrogens is 188 g/mol. The van der Waals surface area contributed by atoms with Gasteiger partial charge in [-0.1, -0.05) is 48.6 Å². The number of allylic oxidation sites excluding steroid dienone is 7. The van der Waals surface area contributed by atoms with Gasteiger partial charge in [0, 0.05) is 0 Å². The number of carbonyl (C=O) groups excluding carboxylic acids is 1. The van der Waals surface area contributed by atoms with Crippen LogP contribution in [-0.2, 0) is 9.53 Å². The van der Waals surface area contributed by atoms with Crippen molar-refractivity contribution in [1.82, 2.24) is 0 Å². The van der Waals surface area contributed by atoms with Gasteiger partial charge in [0.1, 0.15) is 0 Å². The molecule has 0 radical (unpaired) electrons. The Morgan fingerprint density at radius 3 is 2.33 bits per heavy atom. The van der Waals surface area contributed by atoms with Crippen molar-refractivity contribution in [1.29, 1.82) is 0 Å². The summed E-state index contributed by atoms with van der Waals surface area (Å²) < 4.78 is 4.49. The number of hydrogen-bond donors (Lipinski definition) is 0. The van der Waals surface area contributed by atoms with Crippen LogP contribution in [-0.4, -0.2) is 13.1 Å². The van der Waals surface area contributed by atoms with E-state index in [0.29, 0.717) is 6.42 Å². The van der Waals surface area contributed by atoms with Gasteiger partial charge in [-0.25, -0.2) is 0 Å². The number of ether oxygens (including phenoxy) is 1. The van der Waals surface area contributed by atoms with Gasteiger partial charge in [0.15, 0.2) is 0 Å². The average molecular weight is 206 g/mol. The highest BCUT2D eigenvalue weighted by molar-refractivity contribution is 5.70. The zero-order chi connectivity index (χ0) is 11.4. The van der Waals surface area contributed by atoms with E-state index in [4.69, 9.17) is 0 Å². The van der Waals surface area contributed by atoms with E-state index < -0.39 is 0 Å². The van der Waals surface area contributed by atoms with Crippen molar-refractivity contribution in [2.45, 2.75) is 19.8 Å². The van der Waals surface area contributed by atoms with E-state index in [9.17, 15) is 4.79 Å². The Morgan fingerprint density at radius 1 is 1.07 bits per heavy atom. The SMILES string of the molecule is C/C=C/C/C=C/C=C/C=C/CC(=O)OC. The predicted octanol–water partition coefficient (Wildman–Crippen LogP) is 3.18. The van der Waals surface area contributed by atoms with Crippen molar-refractivity contribution in [2.75, 3.05) is 7.11 Å². The van der Waals surface area contributed by atoms with E-state index >= 15 is 0 Å². The molecule has 2 nitrogen and oxygen atoms in total. The molecule has 0 unspecified atom stereocenters. The van der Waals surface area contributed by atoms with Crippen LogP contribution in [0.5, 0.6) is 0 Å². The van der Waals surface area contributed by atoms with Crippen molar-refractivity contribution in [3.05, 3.63) is 48.6 Å². The van der Waals surface area contributed by atoms with E-state index in [1.165, 1.54) is 7.11 Å². The van der Waals surface area contributed by atoms with Crippen molar-refractivity contribution in [3.63, 3.8) is 0 Å². The number of rotatable bonds is 6. The lowest BCUT2D eigenvalue weighted by Gasteiger charge is -1.89. The van der Waals surface area contributed by atoms with Gasteiger partial charge in [0.2, 0.25) is 0 Å². The summed E-state index contributed by atoms with van der Waals surface area (Å²) in [7, 11) is 1.38. The average Bonchev–Trinajstić information content (AvgIpc) is 2.26. The highest BCUT2D eigenvalue weighted by Gasteiger charge is 1.91. The third-order valence-electron chi connectivity index (χ3n) is 1.63. The Balaban J connectivity index is 3.61. The van der Waals surface area contributed by atoms with E-state index in [0.717, 1.165) is 6.42 Å². The summed E-state index contributed by atoms with van der Waals surface area (Å²) in [5, 5.41) is 0. The zero-order valence-electron chi connectivity index (χ0n) is 9.35. The second-order valence-corrected chi connectivity index (χ2v) is 2.83. The second kappa shape index (κ2) is 10.5. The lowest BCUT2D eigenvalue weighted by molar-refractivity contribution is -0.139. The van der Waals surface area contributed by atoms with Crippen molar-refractivity contribution < 1.29 is 9.53 Å². The van der Waals surface area contributed by atoms with Gasteiger partial charge in [-0.05, 0) is 13.3 Å². The highest BCUT2D eigenvalue weighted by Crippen LogP contribution is 1.89. The summed E-state index contributed by atoms with van der Waals surface area (Å²) in [4.78, 5) is 10.7. The first-order chi connectivity index (χ1) is 7.31. The third kappa shape index (κ3) is 10.4. The fourth-order valence-electron chi connectivity index (χ4n) is 0.826. The number of carbonyl (C=O) groups is 1. The van der Waals surface area contributed by atoms with Gasteiger partial charge in [0.05, 0.1) is 13.5 Å². The molecular formula is C13H18O2. The Labute approximate surface area is 91.6 Å². The van der Waals surface area contributed by atoms with Crippen molar-refractivity contribution in [2.24, 2.45) is 0 Å². The molecule has 0 bridgehead atoms. The molecule has 0 N–H and O–H groups in total. The Morgan fingerprint density at radius 2 is 1.73 bits per heavy atom. The molecule has 0 aliphatic carbocycles. The first-order valence-corrected chi connectivity index (χ1v) is 4.97. The summed E-state index contributed by atoms with van der Waals surface area (Å²) >= 11 is 0. The van der Waals surface area contributed by atoms with E-state index in [2.05, 4.69) is 16.9 Å². The van der Waals surface area contributed by atoms with Crippen LogP contribution in [0.1, 0.15) is 19.8 Å². The van der Waals surface area contributed by atoms with Crippen molar-refractivity contribution in [3.8, 4) is 0 Å². The summed E-state index contributed by atoms with van der Waals surface area (Å²) in [6.07, 6.45) is 16.8. The second-order valence-electron chi connectivity index (χ2n) is 2.83. The fourth-order valence-corrected chi connectivity index (χ4v) is 0.826. The Bertz CT molecular complexity index is 270. The van der Waals surface area contributed by atoms with Crippen LogP contribution in [0.2, 0.25) is 0 Å². The molecule has 0 aromatic rings. The molecule has 15 heavy (non-hydrogen) atoms. The Hall–Kier alpha value is -1.57. The summed E-state index contributed by atoms with van der Waals surface area (Å²) in [5.41, 5.74) is 0. The van der Waals surface area contributed by atoms with E-state index in [1.54, 1.807) is 6.08 Å². The first-order valence-electron chi connectivity index (χ1n) is 4.97. The fraction of sp³-hybridized carbons (Fsp3) is 0.308. The van der Waals surface area contributed by atoms with Crippen LogP contribution in [0.4, 0.5) is 0 Å². The Kier molecular flexibility index (Phi) is 9.41. The van der Waals surface area contributed by atoms with Crippen LogP contribution in [0.3, 0.4) is 0 Å². The van der Waals surface area contributed by atoms with E-state index in [-0.39, 0.29) is 5.97 Å². The van der Waals surface area contributed by atoms with Crippen LogP contribution in [0.15, 0.2) is 48.6 Å². The lowest BCUT2D eigenvalue weighted by atomic mass is 10.3. The highest BCUT2D eigenvalue weighted by atomic mass is 16.5. The van der Waals surface area contributed by atoms with Gasteiger partial charge in [-0.3, -0.25) is 4.79 Å². The third-order valence-corrected chi connectivity index (χ3v) is 1.63. The summed E-state index contributed by atoms with van der Waals surface area (Å²) in [6.45, 7) is 2.00. The smallest absolute Gasteiger partial charge is 0.309 e. The largest absolute Gasteiger partial charge is 0.469 e. The minimum absolute atomic E-state index is 0.219. The van der Waals surface area contributed by atoms with Gasteiger partial charge >= 0.3 is 5.97 Å². The molecule has 0 atom stereocenters. The zero-order valence-corrected chi connectivity index (χ0v) is 9.35. The molecule has 82 valence electrons. The molecule has 0 aromatic carbocycles. The molecule has 0 aromatic heterocycles. The molecule has 0 spiro atoms. The van der Waals surface area contributed by atoms with Crippen molar-refractivity contribution >= 4 is 5.97 Å². The van der Waals surface area contributed by atoms with Crippen LogP contribution < -0.4 is 0 Å². The topological polar surface area (TPSA) is 26.3 Å². The standard InChI is InChI=1S/C13H18O2/c1-3-4-5-6-7-8-9-10-11-12-13(14)15-2/h3-4,6-11H,5,12H2,1-2H3/b4-3+,7-6+,9-8+,11-10+. The maximum Gasteiger partial charge on any atom is 0.309 e. The maximum atomic E-state index is 10.7. The summed E-state index contributed by atoms with van der Waals surface area (Å²) in [6, 6.07) is 0. The molecule has 0 aliphatic rings. The minimum Gasteiger partial charge on any atom is -0.469 e. The normalized spacial score (nSPS) is 12.4. The van der Waals surface area contributed by atoms with Gasteiger partial charge in [-0.2, -0.15) is 0 Å². The quantitative estimate of drug-likeness (QED) is 0.379. The first kappa shape index (κ1) is 13.4. The lowest BCUT2D eigenvalue weighted by Crippen LogP contribution is -1.96. The molecule has 0 heterocycles. The maximum absolute atomic E-state index is 10.7. The molecule has 0 rings (SSSR count). The van der Waals surface area contributed by atoms with Gasteiger partial charge < -0.3 is 4.74 Å².